The Morgan fingerprint density at radius 2 is 2.00 bits per heavy atom. The Bertz CT molecular complexity index is 605. The molecular formula is C12H14N6OS. The summed E-state index contributed by atoms with van der Waals surface area (Å²) in [5, 5.41) is 19.7. The third kappa shape index (κ3) is 2.74. The number of carbonyl (C=O) groups is 1. The minimum Gasteiger partial charge on any atom is -0.355 e. The van der Waals surface area contributed by atoms with Crippen molar-refractivity contribution in [2.45, 2.75) is 19.8 Å². The Kier molecular flexibility index (Phi) is 3.55. The first-order chi connectivity index (χ1) is 9.72. The highest BCUT2D eigenvalue weighted by Crippen LogP contribution is 2.17. The third-order valence-electron chi connectivity index (χ3n) is 3.06. The lowest BCUT2D eigenvalue weighted by molar-refractivity contribution is 0.102. The molecule has 0 aromatic carbocycles. The number of hydrogen-bond donors (Lipinski definition) is 1. The summed E-state index contributed by atoms with van der Waals surface area (Å²) in [5.41, 5.74) is 0.279. The van der Waals surface area contributed by atoms with Gasteiger partial charge in [0.05, 0.1) is 0 Å². The Hall–Kier alpha value is -2.09. The fraction of sp³-hybridized carbons (Fsp3) is 0.417. The Balaban J connectivity index is 1.68. The number of rotatable bonds is 3. The van der Waals surface area contributed by atoms with E-state index in [1.807, 2.05) is 13.0 Å². The van der Waals surface area contributed by atoms with Crippen LogP contribution in [0.1, 0.15) is 28.3 Å². The van der Waals surface area contributed by atoms with E-state index in [4.69, 9.17) is 0 Å². The standard InChI is InChI=1S/C12H14N6OS/c1-8-14-17-12(20-8)13-11(19)9-4-5-10(16-15-9)18-6-2-3-7-18/h4-5H,2-3,6-7H2,1H3,(H,13,17,19). The second-order valence-electron chi connectivity index (χ2n) is 4.55. The molecule has 0 radical (unpaired) electrons. The number of aryl methyl sites for hydroxylation is 1. The fourth-order valence-electron chi connectivity index (χ4n) is 2.07. The normalized spacial score (nSPS) is 14.6. The van der Waals surface area contributed by atoms with Crippen LogP contribution in [0.4, 0.5) is 10.9 Å². The molecule has 20 heavy (non-hydrogen) atoms. The van der Waals surface area contributed by atoms with Crippen LogP contribution in [0.25, 0.3) is 0 Å². The number of amides is 1. The van der Waals surface area contributed by atoms with Crippen molar-refractivity contribution >= 4 is 28.2 Å². The summed E-state index contributed by atoms with van der Waals surface area (Å²) in [6.07, 6.45) is 2.36. The molecule has 1 amide bonds. The first-order valence-corrected chi connectivity index (χ1v) is 7.24. The Labute approximate surface area is 120 Å². The van der Waals surface area contributed by atoms with Crippen molar-refractivity contribution in [1.82, 2.24) is 20.4 Å². The van der Waals surface area contributed by atoms with Gasteiger partial charge >= 0.3 is 0 Å². The van der Waals surface area contributed by atoms with Crippen LogP contribution in [0.5, 0.6) is 0 Å². The zero-order chi connectivity index (χ0) is 13.9. The van der Waals surface area contributed by atoms with E-state index in [1.165, 1.54) is 24.2 Å². The number of anilines is 2. The maximum Gasteiger partial charge on any atom is 0.278 e. The molecule has 0 saturated carbocycles. The molecule has 7 nitrogen and oxygen atoms in total. The van der Waals surface area contributed by atoms with Crippen molar-refractivity contribution in [3.05, 3.63) is 22.8 Å². The molecule has 104 valence electrons. The van der Waals surface area contributed by atoms with Crippen LogP contribution >= 0.6 is 11.3 Å². The lowest BCUT2D eigenvalue weighted by Crippen LogP contribution is -2.20. The van der Waals surface area contributed by atoms with E-state index in [1.54, 1.807) is 6.07 Å². The monoisotopic (exact) mass is 290 g/mol. The molecule has 1 N–H and O–H groups in total. The van der Waals surface area contributed by atoms with Crippen molar-refractivity contribution in [3.63, 3.8) is 0 Å². The van der Waals surface area contributed by atoms with Crippen LogP contribution in [0.2, 0.25) is 0 Å². The first kappa shape index (κ1) is 12.9. The summed E-state index contributed by atoms with van der Waals surface area (Å²) in [7, 11) is 0. The first-order valence-electron chi connectivity index (χ1n) is 6.42. The van der Waals surface area contributed by atoms with Crippen LogP contribution in [-0.4, -0.2) is 39.4 Å². The van der Waals surface area contributed by atoms with Gasteiger partial charge in [-0.05, 0) is 31.9 Å². The van der Waals surface area contributed by atoms with Crippen molar-refractivity contribution in [1.29, 1.82) is 0 Å². The van der Waals surface area contributed by atoms with Crippen LogP contribution in [0.3, 0.4) is 0 Å². The largest absolute Gasteiger partial charge is 0.355 e. The van der Waals surface area contributed by atoms with E-state index in [2.05, 4.69) is 30.6 Å². The summed E-state index contributed by atoms with van der Waals surface area (Å²) in [5.74, 6) is 0.507. The fourth-order valence-corrected chi connectivity index (χ4v) is 2.66. The van der Waals surface area contributed by atoms with Gasteiger partial charge in [0.25, 0.3) is 5.91 Å². The number of aromatic nitrogens is 4. The molecule has 2 aromatic rings. The minimum absolute atomic E-state index is 0.279. The van der Waals surface area contributed by atoms with Crippen LogP contribution in [-0.2, 0) is 0 Å². The summed E-state index contributed by atoms with van der Waals surface area (Å²) in [6, 6.07) is 3.52. The summed E-state index contributed by atoms with van der Waals surface area (Å²) in [4.78, 5) is 14.1. The average Bonchev–Trinajstić information content (AvgIpc) is 3.11. The van der Waals surface area contributed by atoms with Crippen molar-refractivity contribution < 1.29 is 4.79 Å². The maximum atomic E-state index is 12.0. The second-order valence-corrected chi connectivity index (χ2v) is 5.73. The molecule has 0 bridgehead atoms. The molecule has 1 fully saturated rings. The van der Waals surface area contributed by atoms with E-state index in [0.29, 0.717) is 5.13 Å². The molecule has 0 atom stereocenters. The summed E-state index contributed by atoms with van der Waals surface area (Å²) in [6.45, 7) is 3.84. The molecule has 0 unspecified atom stereocenters. The van der Waals surface area contributed by atoms with Crippen molar-refractivity contribution in [2.75, 3.05) is 23.3 Å². The van der Waals surface area contributed by atoms with Gasteiger partial charge in [-0.25, -0.2) is 0 Å². The molecule has 3 rings (SSSR count). The second kappa shape index (κ2) is 5.49. The Morgan fingerprint density at radius 3 is 2.60 bits per heavy atom. The molecule has 3 heterocycles. The third-order valence-corrected chi connectivity index (χ3v) is 3.81. The number of hydrogen-bond acceptors (Lipinski definition) is 7. The highest BCUT2D eigenvalue weighted by Gasteiger charge is 2.16. The van der Waals surface area contributed by atoms with Gasteiger partial charge in [-0.1, -0.05) is 11.3 Å². The molecule has 1 saturated heterocycles. The SMILES string of the molecule is Cc1nnc(NC(=O)c2ccc(N3CCCC3)nn2)s1. The van der Waals surface area contributed by atoms with E-state index in [-0.39, 0.29) is 11.6 Å². The lowest BCUT2D eigenvalue weighted by atomic mass is 10.3. The van der Waals surface area contributed by atoms with Crippen LogP contribution < -0.4 is 10.2 Å². The minimum atomic E-state index is -0.318. The van der Waals surface area contributed by atoms with Gasteiger partial charge < -0.3 is 4.90 Å². The molecule has 1 aliphatic rings. The molecule has 8 heteroatoms. The topological polar surface area (TPSA) is 83.9 Å². The Morgan fingerprint density at radius 1 is 1.20 bits per heavy atom. The quantitative estimate of drug-likeness (QED) is 0.922. The number of nitrogens with one attached hydrogen (secondary N) is 1. The van der Waals surface area contributed by atoms with Gasteiger partial charge in [-0.15, -0.1) is 20.4 Å². The predicted molar refractivity (Wildman–Crippen MR) is 76.1 cm³/mol. The average molecular weight is 290 g/mol. The zero-order valence-electron chi connectivity index (χ0n) is 11.0. The van der Waals surface area contributed by atoms with Gasteiger partial charge in [0, 0.05) is 13.1 Å². The smallest absolute Gasteiger partial charge is 0.278 e. The van der Waals surface area contributed by atoms with Gasteiger partial charge in [-0.3, -0.25) is 10.1 Å². The van der Waals surface area contributed by atoms with E-state index in [0.717, 1.165) is 23.9 Å². The van der Waals surface area contributed by atoms with Crippen LogP contribution in [0, 0.1) is 6.92 Å². The molecule has 0 aliphatic carbocycles. The van der Waals surface area contributed by atoms with Crippen LogP contribution in [0.15, 0.2) is 12.1 Å². The van der Waals surface area contributed by atoms with Gasteiger partial charge in [0.15, 0.2) is 11.5 Å². The van der Waals surface area contributed by atoms with E-state index < -0.39 is 0 Å². The van der Waals surface area contributed by atoms with E-state index in [9.17, 15) is 4.79 Å². The van der Waals surface area contributed by atoms with Gasteiger partial charge in [0.2, 0.25) is 5.13 Å². The molecule has 2 aromatic heterocycles. The highest BCUT2D eigenvalue weighted by molar-refractivity contribution is 7.15. The van der Waals surface area contributed by atoms with Gasteiger partial charge in [-0.2, -0.15) is 0 Å². The molecule has 0 spiro atoms. The lowest BCUT2D eigenvalue weighted by Gasteiger charge is -2.14. The van der Waals surface area contributed by atoms with E-state index >= 15 is 0 Å². The summed E-state index contributed by atoms with van der Waals surface area (Å²) < 4.78 is 0. The molecular weight excluding hydrogens is 276 g/mol. The predicted octanol–water partition coefficient (Wildman–Crippen LogP) is 1.49. The number of nitrogens with zero attached hydrogens (tertiary/aromatic N) is 5. The number of carbonyl (C=O) groups excluding carboxylic acids is 1. The molecule has 1 aliphatic heterocycles. The highest BCUT2D eigenvalue weighted by atomic mass is 32.1. The zero-order valence-corrected chi connectivity index (χ0v) is 11.9. The van der Waals surface area contributed by atoms with Crippen molar-refractivity contribution in [2.24, 2.45) is 0 Å². The maximum absolute atomic E-state index is 12.0. The van der Waals surface area contributed by atoms with Crippen molar-refractivity contribution in [3.8, 4) is 0 Å². The van der Waals surface area contributed by atoms with Gasteiger partial charge in [0.1, 0.15) is 5.01 Å². The summed E-state index contributed by atoms with van der Waals surface area (Å²) >= 11 is 1.32.